The highest BCUT2D eigenvalue weighted by Crippen LogP contribution is 2.25. The summed E-state index contributed by atoms with van der Waals surface area (Å²) in [6.07, 6.45) is -3.51. The predicted octanol–water partition coefficient (Wildman–Crippen LogP) is 4.23. The molecule has 1 heterocycles. The van der Waals surface area contributed by atoms with Crippen molar-refractivity contribution < 1.29 is 32.2 Å². The zero-order valence-electron chi connectivity index (χ0n) is 13.3. The van der Waals surface area contributed by atoms with E-state index < -0.39 is 31.3 Å². The number of anilines is 1. The molecule has 0 saturated heterocycles. The zero-order chi connectivity index (χ0) is 20.0. The summed E-state index contributed by atoms with van der Waals surface area (Å²) in [5.41, 5.74) is 0.289. The maximum atomic E-state index is 12.1. The largest absolute Gasteiger partial charge is 0.468 e. The van der Waals surface area contributed by atoms with Crippen LogP contribution in [0.2, 0.25) is 5.02 Å². The first-order valence-electron chi connectivity index (χ1n) is 7.22. The smallest absolute Gasteiger partial charge is 0.422 e. The number of carbonyl (C=O) groups is 2. The second-order valence-electron chi connectivity index (χ2n) is 5.04. The number of hydrogen-bond donors (Lipinski definition) is 1. The van der Waals surface area contributed by atoms with Crippen LogP contribution in [-0.4, -0.2) is 36.3 Å². The molecule has 0 bridgehead atoms. The van der Waals surface area contributed by atoms with Crippen LogP contribution in [0.3, 0.4) is 0 Å². The van der Waals surface area contributed by atoms with Gasteiger partial charge in [-0.2, -0.15) is 13.2 Å². The lowest BCUT2D eigenvalue weighted by Gasteiger charge is -2.09. The van der Waals surface area contributed by atoms with E-state index in [-0.39, 0.29) is 11.4 Å². The van der Waals surface area contributed by atoms with Crippen molar-refractivity contribution in [3.8, 4) is 5.88 Å². The molecule has 27 heavy (non-hydrogen) atoms. The van der Waals surface area contributed by atoms with Crippen molar-refractivity contribution in [2.45, 2.75) is 6.18 Å². The molecule has 0 aliphatic rings. The van der Waals surface area contributed by atoms with Gasteiger partial charge < -0.3 is 14.8 Å². The molecule has 1 N–H and O–H groups in total. The van der Waals surface area contributed by atoms with Crippen LogP contribution in [0.5, 0.6) is 5.88 Å². The van der Waals surface area contributed by atoms with Gasteiger partial charge in [0.2, 0.25) is 5.88 Å². The van der Waals surface area contributed by atoms with Crippen LogP contribution < -0.4 is 10.1 Å². The Balaban J connectivity index is 1.85. The van der Waals surface area contributed by atoms with Crippen LogP contribution in [0, 0.1) is 0 Å². The topological polar surface area (TPSA) is 77.5 Å². The van der Waals surface area contributed by atoms with E-state index in [0.29, 0.717) is 10.7 Å². The molecule has 0 unspecified atom stereocenters. The molecule has 0 fully saturated rings. The van der Waals surface area contributed by atoms with Gasteiger partial charge in [-0.3, -0.25) is 4.79 Å². The van der Waals surface area contributed by atoms with E-state index in [0.717, 1.165) is 16.7 Å². The van der Waals surface area contributed by atoms with Gasteiger partial charge >= 0.3 is 12.1 Å². The highest BCUT2D eigenvalue weighted by molar-refractivity contribution is 9.10. The Morgan fingerprint density at radius 1 is 1.22 bits per heavy atom. The number of nitrogens with one attached hydrogen (secondary N) is 1. The van der Waals surface area contributed by atoms with Crippen molar-refractivity contribution in [2.75, 3.05) is 18.5 Å². The summed E-state index contributed by atoms with van der Waals surface area (Å²) < 4.78 is 46.1. The van der Waals surface area contributed by atoms with Crippen molar-refractivity contribution in [3.05, 3.63) is 51.6 Å². The lowest BCUT2D eigenvalue weighted by molar-refractivity contribution is -0.154. The SMILES string of the molecule is O=C(COC(=O)c1ccc(OCC(F)(F)F)nc1)Nc1ccc(Br)cc1Cl. The molecule has 144 valence electrons. The molecule has 2 aromatic rings. The van der Waals surface area contributed by atoms with E-state index in [1.54, 1.807) is 18.2 Å². The molecule has 2 rings (SSSR count). The van der Waals surface area contributed by atoms with Gasteiger partial charge in [0.1, 0.15) is 0 Å². The first-order chi connectivity index (χ1) is 12.6. The maximum absolute atomic E-state index is 12.1. The van der Waals surface area contributed by atoms with E-state index in [2.05, 4.69) is 31.0 Å². The van der Waals surface area contributed by atoms with Gasteiger partial charge in [0.25, 0.3) is 5.91 Å². The average Bonchev–Trinajstić information content (AvgIpc) is 2.60. The Morgan fingerprint density at radius 3 is 2.56 bits per heavy atom. The molecule has 1 amide bonds. The normalized spacial score (nSPS) is 11.0. The first-order valence-corrected chi connectivity index (χ1v) is 8.39. The standard InChI is InChI=1S/C16H11BrClF3N2O4/c17-10-2-3-12(11(18)5-10)23-13(24)7-26-15(25)9-1-4-14(22-6-9)27-8-16(19,20)21/h1-6H,7-8H2,(H,23,24). The number of carbonyl (C=O) groups excluding carboxylic acids is 2. The number of amides is 1. The van der Waals surface area contributed by atoms with Gasteiger partial charge in [-0.1, -0.05) is 27.5 Å². The van der Waals surface area contributed by atoms with Crippen molar-refractivity contribution in [2.24, 2.45) is 0 Å². The lowest BCUT2D eigenvalue weighted by atomic mass is 10.3. The quantitative estimate of drug-likeness (QED) is 0.643. The Bertz CT molecular complexity index is 831. The molecule has 11 heteroatoms. The van der Waals surface area contributed by atoms with Crippen molar-refractivity contribution in [3.63, 3.8) is 0 Å². The summed E-state index contributed by atoms with van der Waals surface area (Å²) in [6, 6.07) is 7.07. The Hall–Kier alpha value is -2.33. The average molecular weight is 468 g/mol. The molecule has 0 atom stereocenters. The number of benzene rings is 1. The fraction of sp³-hybridized carbons (Fsp3) is 0.188. The minimum Gasteiger partial charge on any atom is -0.468 e. The summed E-state index contributed by atoms with van der Waals surface area (Å²) in [6.45, 7) is -2.08. The zero-order valence-corrected chi connectivity index (χ0v) is 15.7. The first kappa shape index (κ1) is 21.0. The van der Waals surface area contributed by atoms with Crippen molar-refractivity contribution in [1.82, 2.24) is 4.98 Å². The molecule has 0 radical (unpaired) electrons. The van der Waals surface area contributed by atoms with E-state index >= 15 is 0 Å². The molecular weight excluding hydrogens is 457 g/mol. The summed E-state index contributed by atoms with van der Waals surface area (Å²) in [4.78, 5) is 27.2. The fourth-order valence-electron chi connectivity index (χ4n) is 1.73. The molecule has 0 aliphatic carbocycles. The van der Waals surface area contributed by atoms with Gasteiger partial charge in [0, 0.05) is 16.7 Å². The van der Waals surface area contributed by atoms with Gasteiger partial charge in [-0.15, -0.1) is 0 Å². The van der Waals surface area contributed by atoms with Crippen LogP contribution in [0.25, 0.3) is 0 Å². The van der Waals surface area contributed by atoms with E-state index in [1.165, 1.54) is 6.07 Å². The highest BCUT2D eigenvalue weighted by atomic mass is 79.9. The summed E-state index contributed by atoms with van der Waals surface area (Å²) in [5.74, 6) is -1.79. The third-order valence-corrected chi connectivity index (χ3v) is 3.70. The highest BCUT2D eigenvalue weighted by Gasteiger charge is 2.28. The van der Waals surface area contributed by atoms with Gasteiger partial charge in [-0.05, 0) is 24.3 Å². The van der Waals surface area contributed by atoms with Crippen LogP contribution in [0.15, 0.2) is 41.0 Å². The Morgan fingerprint density at radius 2 is 1.96 bits per heavy atom. The van der Waals surface area contributed by atoms with Gasteiger partial charge in [0.15, 0.2) is 13.2 Å². The molecule has 0 spiro atoms. The number of halogens is 5. The van der Waals surface area contributed by atoms with Crippen molar-refractivity contribution >= 4 is 45.1 Å². The van der Waals surface area contributed by atoms with Crippen LogP contribution >= 0.6 is 27.5 Å². The number of ether oxygens (including phenoxy) is 2. The van der Waals surface area contributed by atoms with E-state index in [9.17, 15) is 22.8 Å². The molecule has 1 aromatic carbocycles. The number of alkyl halides is 3. The Kier molecular flexibility index (Phi) is 7.03. The van der Waals surface area contributed by atoms with Gasteiger partial charge in [0.05, 0.1) is 16.3 Å². The van der Waals surface area contributed by atoms with Crippen LogP contribution in [0.4, 0.5) is 18.9 Å². The third-order valence-electron chi connectivity index (χ3n) is 2.90. The Labute approximate surface area is 164 Å². The second-order valence-corrected chi connectivity index (χ2v) is 6.36. The van der Waals surface area contributed by atoms with Crippen molar-refractivity contribution in [1.29, 1.82) is 0 Å². The summed E-state index contributed by atoms with van der Waals surface area (Å²) in [7, 11) is 0. The molecular formula is C16H11BrClF3N2O4. The van der Waals surface area contributed by atoms with Gasteiger partial charge in [-0.25, -0.2) is 9.78 Å². The predicted molar refractivity (Wildman–Crippen MR) is 93.9 cm³/mol. The number of pyridine rings is 1. The molecule has 6 nitrogen and oxygen atoms in total. The minimum absolute atomic E-state index is 0.0520. The minimum atomic E-state index is -4.50. The number of esters is 1. The number of rotatable bonds is 6. The number of aromatic nitrogens is 1. The monoisotopic (exact) mass is 466 g/mol. The fourth-order valence-corrected chi connectivity index (χ4v) is 2.45. The third kappa shape index (κ3) is 7.06. The second kappa shape index (κ2) is 9.05. The molecule has 0 saturated carbocycles. The van der Waals surface area contributed by atoms with Crippen LogP contribution in [-0.2, 0) is 9.53 Å². The van der Waals surface area contributed by atoms with E-state index in [4.69, 9.17) is 16.3 Å². The van der Waals surface area contributed by atoms with Crippen LogP contribution in [0.1, 0.15) is 10.4 Å². The molecule has 0 aliphatic heterocycles. The summed E-state index contributed by atoms with van der Waals surface area (Å²) in [5, 5.41) is 2.77. The maximum Gasteiger partial charge on any atom is 0.422 e. The number of nitrogens with zero attached hydrogens (tertiary/aromatic N) is 1. The number of hydrogen-bond acceptors (Lipinski definition) is 5. The summed E-state index contributed by atoms with van der Waals surface area (Å²) >= 11 is 9.18. The van der Waals surface area contributed by atoms with E-state index in [1.807, 2.05) is 0 Å². The molecule has 1 aromatic heterocycles. The lowest BCUT2D eigenvalue weighted by Crippen LogP contribution is -2.21.